The minimum Gasteiger partial charge on any atom is -0.396 e. The van der Waals surface area contributed by atoms with Gasteiger partial charge < -0.3 is 20.5 Å². The molecule has 16 heavy (non-hydrogen) atoms. The van der Waals surface area contributed by atoms with Gasteiger partial charge in [0.1, 0.15) is 0 Å². The zero-order valence-electron chi connectivity index (χ0n) is 9.87. The second-order valence-corrected chi connectivity index (χ2v) is 4.22. The molecule has 1 fully saturated rings. The van der Waals surface area contributed by atoms with Crippen LogP contribution in [0, 0.1) is 5.92 Å². The number of hydrogen-bond acceptors (Lipinski definition) is 4. The maximum atomic E-state index is 11.5. The molecule has 2 unspecified atom stereocenters. The largest absolute Gasteiger partial charge is 0.396 e. The van der Waals surface area contributed by atoms with Gasteiger partial charge in [-0.25, -0.2) is 0 Å². The lowest BCUT2D eigenvalue weighted by atomic mass is 10.1. The van der Waals surface area contributed by atoms with Gasteiger partial charge in [0.15, 0.2) is 0 Å². The van der Waals surface area contributed by atoms with Crippen molar-refractivity contribution in [1.82, 2.24) is 10.6 Å². The number of aliphatic hydroxyl groups excluding tert-OH is 1. The summed E-state index contributed by atoms with van der Waals surface area (Å²) in [5.74, 6) is 0.240. The molecule has 0 bridgehead atoms. The van der Waals surface area contributed by atoms with Crippen LogP contribution in [0.25, 0.3) is 0 Å². The number of ether oxygens (including phenoxy) is 1. The third-order valence-electron chi connectivity index (χ3n) is 3.01. The zero-order valence-corrected chi connectivity index (χ0v) is 9.87. The lowest BCUT2D eigenvalue weighted by Crippen LogP contribution is -2.43. The van der Waals surface area contributed by atoms with E-state index in [1.165, 1.54) is 0 Å². The molecule has 5 nitrogen and oxygen atoms in total. The van der Waals surface area contributed by atoms with E-state index >= 15 is 0 Å². The maximum absolute atomic E-state index is 11.5. The van der Waals surface area contributed by atoms with Crippen LogP contribution in [0.5, 0.6) is 0 Å². The van der Waals surface area contributed by atoms with Crippen LogP contribution < -0.4 is 10.6 Å². The first-order valence-corrected chi connectivity index (χ1v) is 5.87. The minimum absolute atomic E-state index is 0.00135. The predicted octanol–water partition coefficient (Wildman–Crippen LogP) is -0.500. The molecule has 1 aliphatic carbocycles. The second kappa shape index (κ2) is 7.60. The zero-order chi connectivity index (χ0) is 11.8. The molecular weight excluding hydrogens is 208 g/mol. The van der Waals surface area contributed by atoms with E-state index in [1.807, 2.05) is 0 Å². The summed E-state index contributed by atoms with van der Waals surface area (Å²) >= 11 is 0. The Kier molecular flexibility index (Phi) is 6.37. The van der Waals surface area contributed by atoms with Gasteiger partial charge in [0.25, 0.3) is 0 Å². The highest BCUT2D eigenvalue weighted by Crippen LogP contribution is 2.24. The van der Waals surface area contributed by atoms with Crippen LogP contribution >= 0.6 is 0 Å². The molecule has 0 aromatic rings. The van der Waals surface area contributed by atoms with Crippen LogP contribution in [0.4, 0.5) is 0 Å². The predicted molar refractivity (Wildman–Crippen MR) is 61.1 cm³/mol. The standard InChI is InChI=1S/C11H22N2O3/c1-16-6-5-12-7-11(15)13-10-4-2-3-9(10)8-14/h9-10,12,14H,2-8H2,1H3,(H,13,15). The van der Waals surface area contributed by atoms with Gasteiger partial charge in [-0.15, -0.1) is 0 Å². The molecule has 5 heteroatoms. The summed E-state index contributed by atoms with van der Waals surface area (Å²) in [5.41, 5.74) is 0. The van der Waals surface area contributed by atoms with Crippen molar-refractivity contribution < 1.29 is 14.6 Å². The van der Waals surface area contributed by atoms with Gasteiger partial charge in [0.2, 0.25) is 5.91 Å². The molecule has 0 heterocycles. The van der Waals surface area contributed by atoms with Gasteiger partial charge in [-0.3, -0.25) is 4.79 Å². The van der Waals surface area contributed by atoms with Gasteiger partial charge >= 0.3 is 0 Å². The fourth-order valence-electron chi connectivity index (χ4n) is 2.08. The Balaban J connectivity index is 2.13. The summed E-state index contributed by atoms with van der Waals surface area (Å²) in [5, 5.41) is 15.1. The molecule has 0 aromatic heterocycles. The molecule has 0 spiro atoms. The van der Waals surface area contributed by atoms with Crippen molar-refractivity contribution in [2.24, 2.45) is 5.92 Å². The monoisotopic (exact) mass is 230 g/mol. The molecule has 2 atom stereocenters. The highest BCUT2D eigenvalue weighted by molar-refractivity contribution is 5.78. The first-order chi connectivity index (χ1) is 7.77. The third kappa shape index (κ3) is 4.47. The molecule has 0 radical (unpaired) electrons. The lowest BCUT2D eigenvalue weighted by Gasteiger charge is -2.19. The number of rotatable bonds is 7. The number of hydrogen-bond donors (Lipinski definition) is 3. The van der Waals surface area contributed by atoms with E-state index in [1.54, 1.807) is 7.11 Å². The first-order valence-electron chi connectivity index (χ1n) is 5.87. The number of methoxy groups -OCH3 is 1. The van der Waals surface area contributed by atoms with Crippen molar-refractivity contribution in [1.29, 1.82) is 0 Å². The molecular formula is C11H22N2O3. The topological polar surface area (TPSA) is 70.6 Å². The van der Waals surface area contributed by atoms with Gasteiger partial charge in [-0.1, -0.05) is 6.42 Å². The van der Waals surface area contributed by atoms with Crippen LogP contribution in [0.15, 0.2) is 0 Å². The van der Waals surface area contributed by atoms with Gasteiger partial charge in [0.05, 0.1) is 13.2 Å². The molecule has 94 valence electrons. The summed E-state index contributed by atoms with van der Waals surface area (Å²) in [7, 11) is 1.63. The Bertz CT molecular complexity index is 211. The fourth-order valence-corrected chi connectivity index (χ4v) is 2.08. The maximum Gasteiger partial charge on any atom is 0.234 e. The number of nitrogens with one attached hydrogen (secondary N) is 2. The number of aliphatic hydroxyl groups is 1. The van der Waals surface area contributed by atoms with Crippen molar-refractivity contribution in [2.45, 2.75) is 25.3 Å². The summed E-state index contributed by atoms with van der Waals surface area (Å²) in [4.78, 5) is 11.5. The Morgan fingerprint density at radius 1 is 1.50 bits per heavy atom. The number of carbonyl (C=O) groups is 1. The van der Waals surface area contributed by atoms with Crippen LogP contribution in [-0.4, -0.2) is 50.5 Å². The van der Waals surface area contributed by atoms with Crippen molar-refractivity contribution in [3.05, 3.63) is 0 Å². The average Bonchev–Trinajstić information content (AvgIpc) is 2.71. The SMILES string of the molecule is COCCNCC(=O)NC1CCCC1CO. The van der Waals surface area contributed by atoms with Crippen LogP contribution in [0.2, 0.25) is 0 Å². The Morgan fingerprint density at radius 2 is 2.31 bits per heavy atom. The number of carbonyl (C=O) groups excluding carboxylic acids is 1. The third-order valence-corrected chi connectivity index (χ3v) is 3.01. The fraction of sp³-hybridized carbons (Fsp3) is 0.909. The van der Waals surface area contributed by atoms with Crippen LogP contribution in [-0.2, 0) is 9.53 Å². The molecule has 3 N–H and O–H groups in total. The smallest absolute Gasteiger partial charge is 0.234 e. The van der Waals surface area contributed by atoms with Crippen LogP contribution in [0.1, 0.15) is 19.3 Å². The van der Waals surface area contributed by atoms with Crippen LogP contribution in [0.3, 0.4) is 0 Å². The molecule has 1 rings (SSSR count). The van der Waals surface area contributed by atoms with Gasteiger partial charge in [0, 0.05) is 32.2 Å². The normalized spacial score (nSPS) is 24.6. The molecule has 1 amide bonds. The van der Waals surface area contributed by atoms with Crippen molar-refractivity contribution in [3.63, 3.8) is 0 Å². The summed E-state index contributed by atoms with van der Waals surface area (Å²) in [6.07, 6.45) is 3.08. The Morgan fingerprint density at radius 3 is 3.00 bits per heavy atom. The van der Waals surface area contributed by atoms with E-state index in [9.17, 15) is 4.79 Å². The van der Waals surface area contributed by atoms with E-state index in [0.717, 1.165) is 19.3 Å². The molecule has 0 aliphatic heterocycles. The minimum atomic E-state index is 0.00135. The average molecular weight is 230 g/mol. The van der Waals surface area contributed by atoms with Crippen molar-refractivity contribution in [3.8, 4) is 0 Å². The highest BCUT2D eigenvalue weighted by Gasteiger charge is 2.27. The molecule has 1 saturated carbocycles. The van der Waals surface area contributed by atoms with E-state index in [2.05, 4.69) is 10.6 Å². The summed E-state index contributed by atoms with van der Waals surface area (Å²) in [6.45, 7) is 1.77. The Hall–Kier alpha value is -0.650. The molecule has 0 saturated heterocycles. The second-order valence-electron chi connectivity index (χ2n) is 4.22. The van der Waals surface area contributed by atoms with Gasteiger partial charge in [-0.05, 0) is 12.8 Å². The van der Waals surface area contributed by atoms with Crippen molar-refractivity contribution >= 4 is 5.91 Å². The van der Waals surface area contributed by atoms with E-state index < -0.39 is 0 Å². The van der Waals surface area contributed by atoms with Crippen molar-refractivity contribution in [2.75, 3.05) is 33.4 Å². The molecule has 0 aromatic carbocycles. The van der Waals surface area contributed by atoms with E-state index in [4.69, 9.17) is 9.84 Å². The lowest BCUT2D eigenvalue weighted by molar-refractivity contribution is -0.121. The summed E-state index contributed by atoms with van der Waals surface area (Å²) in [6, 6.07) is 0.154. The van der Waals surface area contributed by atoms with E-state index in [0.29, 0.717) is 19.7 Å². The first kappa shape index (κ1) is 13.4. The van der Waals surface area contributed by atoms with Gasteiger partial charge in [-0.2, -0.15) is 0 Å². The van der Waals surface area contributed by atoms with E-state index in [-0.39, 0.29) is 24.5 Å². The Labute approximate surface area is 96.6 Å². The quantitative estimate of drug-likeness (QED) is 0.516. The number of amides is 1. The highest BCUT2D eigenvalue weighted by atomic mass is 16.5. The summed E-state index contributed by atoms with van der Waals surface area (Å²) < 4.78 is 4.86. The molecule has 1 aliphatic rings.